The highest BCUT2D eigenvalue weighted by Crippen LogP contribution is 2.28. The third-order valence-electron chi connectivity index (χ3n) is 3.08. The third-order valence-corrected chi connectivity index (χ3v) is 3.31. The fourth-order valence-electron chi connectivity index (χ4n) is 2.06. The van der Waals surface area contributed by atoms with Crippen molar-refractivity contribution in [3.63, 3.8) is 0 Å². The number of rotatable bonds is 5. The van der Waals surface area contributed by atoms with E-state index in [9.17, 15) is 4.79 Å². The van der Waals surface area contributed by atoms with E-state index in [-0.39, 0.29) is 12.6 Å². The lowest BCUT2D eigenvalue weighted by molar-refractivity contribution is -0.135. The molecule has 1 aromatic carbocycles. The number of anilines is 1. The van der Waals surface area contributed by atoms with E-state index >= 15 is 0 Å². The molecular weight excluding hydrogens is 276 g/mol. The Kier molecular flexibility index (Phi) is 4.58. The predicted octanol–water partition coefficient (Wildman–Crippen LogP) is 3.39. The van der Waals surface area contributed by atoms with Gasteiger partial charge in [-0.15, -0.1) is 0 Å². The van der Waals surface area contributed by atoms with Crippen molar-refractivity contribution in [2.24, 2.45) is 0 Å². The summed E-state index contributed by atoms with van der Waals surface area (Å²) in [6.45, 7) is 1.84. The fourth-order valence-corrected chi connectivity index (χ4v) is 2.24. The van der Waals surface area contributed by atoms with Crippen LogP contribution in [0.5, 0.6) is 0 Å². The van der Waals surface area contributed by atoms with Gasteiger partial charge in [0.05, 0.1) is 6.04 Å². The number of pyridine rings is 1. The van der Waals surface area contributed by atoms with Gasteiger partial charge in [0, 0.05) is 23.1 Å². The summed E-state index contributed by atoms with van der Waals surface area (Å²) in [6.07, 6.45) is 3.43. The molecule has 0 aliphatic carbocycles. The molecule has 0 spiro atoms. The average molecular weight is 291 g/mol. The second-order valence-corrected chi connectivity index (χ2v) is 4.90. The standard InChI is InChI=1S/C15H15ClN2O2/c1-11(12-4-3-7-17-9-12)18(10-15(19)20)14-6-2-5-13(16)8-14/h2-9,11H,10H2,1H3,(H,19,20). The summed E-state index contributed by atoms with van der Waals surface area (Å²) in [5.74, 6) is -0.888. The number of aliphatic carboxylic acids is 1. The summed E-state index contributed by atoms with van der Waals surface area (Å²) in [5.41, 5.74) is 1.73. The van der Waals surface area contributed by atoms with Crippen molar-refractivity contribution in [1.82, 2.24) is 4.98 Å². The number of nitrogens with zero attached hydrogens (tertiary/aromatic N) is 2. The molecule has 2 aromatic rings. The van der Waals surface area contributed by atoms with Crippen LogP contribution >= 0.6 is 11.6 Å². The summed E-state index contributed by atoms with van der Waals surface area (Å²) in [4.78, 5) is 17.0. The molecule has 20 heavy (non-hydrogen) atoms. The van der Waals surface area contributed by atoms with Gasteiger partial charge in [0.1, 0.15) is 6.54 Å². The highest BCUT2D eigenvalue weighted by molar-refractivity contribution is 6.30. The highest BCUT2D eigenvalue weighted by Gasteiger charge is 2.19. The van der Waals surface area contributed by atoms with Crippen molar-refractivity contribution in [2.75, 3.05) is 11.4 Å². The minimum atomic E-state index is -0.888. The van der Waals surface area contributed by atoms with E-state index in [0.717, 1.165) is 11.3 Å². The number of carboxylic acid groups (broad SMARTS) is 1. The third kappa shape index (κ3) is 3.48. The first kappa shape index (κ1) is 14.3. The van der Waals surface area contributed by atoms with Gasteiger partial charge in [-0.2, -0.15) is 0 Å². The predicted molar refractivity (Wildman–Crippen MR) is 79.1 cm³/mol. The molecule has 0 aliphatic heterocycles. The van der Waals surface area contributed by atoms with Gasteiger partial charge in [0.25, 0.3) is 0 Å². The maximum absolute atomic E-state index is 11.1. The second-order valence-electron chi connectivity index (χ2n) is 4.46. The number of hydrogen-bond acceptors (Lipinski definition) is 3. The van der Waals surface area contributed by atoms with Crippen LogP contribution in [0.25, 0.3) is 0 Å². The van der Waals surface area contributed by atoms with E-state index < -0.39 is 5.97 Å². The van der Waals surface area contributed by atoms with E-state index in [1.807, 2.05) is 31.2 Å². The van der Waals surface area contributed by atoms with Crippen LogP contribution in [-0.4, -0.2) is 22.6 Å². The molecule has 0 saturated heterocycles. The lowest BCUT2D eigenvalue weighted by Gasteiger charge is -2.30. The van der Waals surface area contributed by atoms with Crippen LogP contribution < -0.4 is 4.90 Å². The van der Waals surface area contributed by atoms with Gasteiger partial charge in [-0.25, -0.2) is 0 Å². The van der Waals surface area contributed by atoms with Crippen LogP contribution in [0.15, 0.2) is 48.8 Å². The molecule has 0 aliphatic rings. The molecule has 0 amide bonds. The minimum absolute atomic E-state index is 0.101. The van der Waals surface area contributed by atoms with Crippen molar-refractivity contribution in [3.8, 4) is 0 Å². The van der Waals surface area contributed by atoms with Crippen molar-refractivity contribution in [1.29, 1.82) is 0 Å². The number of benzene rings is 1. The topological polar surface area (TPSA) is 53.4 Å². The summed E-state index contributed by atoms with van der Waals surface area (Å²) in [7, 11) is 0. The monoisotopic (exact) mass is 290 g/mol. The van der Waals surface area contributed by atoms with Gasteiger partial charge in [-0.1, -0.05) is 23.7 Å². The number of hydrogen-bond donors (Lipinski definition) is 1. The van der Waals surface area contributed by atoms with Crippen LogP contribution in [0.3, 0.4) is 0 Å². The quantitative estimate of drug-likeness (QED) is 0.917. The number of carbonyl (C=O) groups is 1. The van der Waals surface area contributed by atoms with Crippen LogP contribution in [0.1, 0.15) is 18.5 Å². The Morgan fingerprint density at radius 3 is 2.80 bits per heavy atom. The first-order valence-electron chi connectivity index (χ1n) is 6.22. The molecule has 1 N–H and O–H groups in total. The Morgan fingerprint density at radius 1 is 1.40 bits per heavy atom. The zero-order valence-electron chi connectivity index (χ0n) is 11.0. The van der Waals surface area contributed by atoms with Gasteiger partial charge in [-0.05, 0) is 36.8 Å². The van der Waals surface area contributed by atoms with Crippen LogP contribution in [0, 0.1) is 0 Å². The summed E-state index contributed by atoms with van der Waals surface area (Å²) < 4.78 is 0. The maximum atomic E-state index is 11.1. The van der Waals surface area contributed by atoms with Crippen molar-refractivity contribution < 1.29 is 9.90 Å². The SMILES string of the molecule is CC(c1cccnc1)N(CC(=O)O)c1cccc(Cl)c1. The van der Waals surface area contributed by atoms with Crippen molar-refractivity contribution in [2.45, 2.75) is 13.0 Å². The van der Waals surface area contributed by atoms with Crippen LogP contribution in [0.2, 0.25) is 5.02 Å². The van der Waals surface area contributed by atoms with Gasteiger partial charge < -0.3 is 10.0 Å². The first-order chi connectivity index (χ1) is 9.58. The molecule has 2 rings (SSSR count). The first-order valence-corrected chi connectivity index (χ1v) is 6.59. The second kappa shape index (κ2) is 6.39. The Hall–Kier alpha value is -2.07. The van der Waals surface area contributed by atoms with Crippen LogP contribution in [-0.2, 0) is 4.79 Å². The number of halogens is 1. The van der Waals surface area contributed by atoms with Crippen molar-refractivity contribution in [3.05, 3.63) is 59.4 Å². The molecule has 0 radical (unpaired) electrons. The molecule has 0 bridgehead atoms. The van der Waals surface area contributed by atoms with Gasteiger partial charge in [0.2, 0.25) is 0 Å². The van der Waals surface area contributed by atoms with E-state index in [1.165, 1.54) is 0 Å². The minimum Gasteiger partial charge on any atom is -0.480 e. The van der Waals surface area contributed by atoms with Crippen molar-refractivity contribution >= 4 is 23.3 Å². The molecule has 0 fully saturated rings. The van der Waals surface area contributed by atoms with E-state index in [2.05, 4.69) is 4.98 Å². The normalized spacial score (nSPS) is 11.9. The molecule has 1 unspecified atom stereocenters. The molecule has 5 heteroatoms. The molecule has 104 valence electrons. The smallest absolute Gasteiger partial charge is 0.323 e. The summed E-state index contributed by atoms with van der Waals surface area (Å²) in [6, 6.07) is 10.8. The molecule has 4 nitrogen and oxygen atoms in total. The molecular formula is C15H15ClN2O2. The Labute approximate surface area is 122 Å². The lowest BCUT2D eigenvalue weighted by Crippen LogP contribution is -2.32. The number of carboxylic acids is 1. The Balaban J connectivity index is 2.35. The van der Waals surface area contributed by atoms with Gasteiger partial charge in [-0.3, -0.25) is 9.78 Å². The van der Waals surface area contributed by atoms with Gasteiger partial charge >= 0.3 is 5.97 Å². The fraction of sp³-hybridized carbons (Fsp3) is 0.200. The zero-order valence-corrected chi connectivity index (χ0v) is 11.8. The van der Waals surface area contributed by atoms with Gasteiger partial charge in [0.15, 0.2) is 0 Å². The summed E-state index contributed by atoms with van der Waals surface area (Å²) >= 11 is 5.99. The zero-order chi connectivity index (χ0) is 14.5. The Bertz CT molecular complexity index is 589. The van der Waals surface area contributed by atoms with E-state index in [0.29, 0.717) is 5.02 Å². The van der Waals surface area contributed by atoms with E-state index in [4.69, 9.17) is 16.7 Å². The van der Waals surface area contributed by atoms with E-state index in [1.54, 1.807) is 29.4 Å². The lowest BCUT2D eigenvalue weighted by atomic mass is 10.1. The maximum Gasteiger partial charge on any atom is 0.323 e. The highest BCUT2D eigenvalue weighted by atomic mass is 35.5. The molecule has 1 aromatic heterocycles. The van der Waals surface area contributed by atoms with Crippen LogP contribution in [0.4, 0.5) is 5.69 Å². The number of aromatic nitrogens is 1. The Morgan fingerprint density at radius 2 is 2.20 bits per heavy atom. The average Bonchev–Trinajstić information content (AvgIpc) is 2.45. The molecule has 1 atom stereocenters. The molecule has 1 heterocycles. The molecule has 0 saturated carbocycles. The summed E-state index contributed by atoms with van der Waals surface area (Å²) in [5, 5.41) is 9.70. The largest absolute Gasteiger partial charge is 0.480 e.